The van der Waals surface area contributed by atoms with Gasteiger partial charge in [0.05, 0.1) is 7.11 Å². The molecule has 1 rings (SSSR count). The van der Waals surface area contributed by atoms with Crippen molar-refractivity contribution in [3.63, 3.8) is 0 Å². The fraction of sp³-hybridized carbons (Fsp3) is 0.300. The highest BCUT2D eigenvalue weighted by molar-refractivity contribution is 5.74. The van der Waals surface area contributed by atoms with E-state index in [-0.39, 0.29) is 5.91 Å². The molecule has 0 fully saturated rings. The Balaban J connectivity index is 2.73. The fourth-order valence-electron chi connectivity index (χ4n) is 1.19. The van der Waals surface area contributed by atoms with Gasteiger partial charge in [-0.3, -0.25) is 4.79 Å². The molecule has 0 radical (unpaired) electrons. The third-order valence-electron chi connectivity index (χ3n) is 1.99. The van der Waals surface area contributed by atoms with E-state index < -0.39 is 0 Å². The molecule has 1 amide bonds. The van der Waals surface area contributed by atoms with E-state index in [2.05, 4.69) is 0 Å². The second kappa shape index (κ2) is 4.50. The van der Waals surface area contributed by atoms with Gasteiger partial charge in [0.15, 0.2) is 0 Å². The van der Waals surface area contributed by atoms with E-state index >= 15 is 0 Å². The average Bonchev–Trinajstić information content (AvgIpc) is 2.15. The third-order valence-corrected chi connectivity index (χ3v) is 1.99. The zero-order chi connectivity index (χ0) is 10.6. The lowest BCUT2D eigenvalue weighted by Gasteiger charge is -2.06. The molecule has 0 unspecified atom stereocenters. The SMILES string of the molecule is COc1ccc(CCC(N)=O)c(N)c1. The predicted molar refractivity (Wildman–Crippen MR) is 54.9 cm³/mol. The number of amides is 1. The summed E-state index contributed by atoms with van der Waals surface area (Å²) in [7, 11) is 1.58. The van der Waals surface area contributed by atoms with Crippen LogP contribution in [0.2, 0.25) is 0 Å². The minimum Gasteiger partial charge on any atom is -0.497 e. The highest BCUT2D eigenvalue weighted by Crippen LogP contribution is 2.20. The lowest BCUT2D eigenvalue weighted by Crippen LogP contribution is -2.11. The second-order valence-corrected chi connectivity index (χ2v) is 3.03. The first-order valence-corrected chi connectivity index (χ1v) is 4.34. The molecular formula is C10H14N2O2. The van der Waals surface area contributed by atoms with Crippen LogP contribution in [-0.2, 0) is 11.2 Å². The van der Waals surface area contributed by atoms with Gasteiger partial charge in [-0.15, -0.1) is 0 Å². The number of carbonyl (C=O) groups is 1. The van der Waals surface area contributed by atoms with Gasteiger partial charge in [-0.05, 0) is 18.1 Å². The number of hydrogen-bond acceptors (Lipinski definition) is 3. The number of anilines is 1. The normalized spacial score (nSPS) is 9.79. The molecule has 0 heterocycles. The minimum atomic E-state index is -0.319. The zero-order valence-electron chi connectivity index (χ0n) is 8.12. The number of ether oxygens (including phenoxy) is 1. The molecule has 14 heavy (non-hydrogen) atoms. The molecule has 4 N–H and O–H groups in total. The molecule has 0 aromatic heterocycles. The molecule has 0 aliphatic rings. The Labute approximate surface area is 82.8 Å². The largest absolute Gasteiger partial charge is 0.497 e. The number of hydrogen-bond donors (Lipinski definition) is 2. The topological polar surface area (TPSA) is 78.3 Å². The van der Waals surface area contributed by atoms with Gasteiger partial charge in [0.2, 0.25) is 5.91 Å². The average molecular weight is 194 g/mol. The van der Waals surface area contributed by atoms with Crippen LogP contribution in [0, 0.1) is 0 Å². The maximum Gasteiger partial charge on any atom is 0.217 e. The van der Waals surface area contributed by atoms with Crippen molar-refractivity contribution < 1.29 is 9.53 Å². The summed E-state index contributed by atoms with van der Waals surface area (Å²) in [6, 6.07) is 5.39. The van der Waals surface area contributed by atoms with Crippen LogP contribution in [0.5, 0.6) is 5.75 Å². The summed E-state index contributed by atoms with van der Waals surface area (Å²) in [6.45, 7) is 0. The first kappa shape index (κ1) is 10.4. The van der Waals surface area contributed by atoms with Crippen molar-refractivity contribution in [2.75, 3.05) is 12.8 Å². The number of nitrogens with two attached hydrogens (primary N) is 2. The lowest BCUT2D eigenvalue weighted by atomic mass is 10.1. The fourth-order valence-corrected chi connectivity index (χ4v) is 1.19. The first-order valence-electron chi connectivity index (χ1n) is 4.34. The Kier molecular flexibility index (Phi) is 3.34. The molecule has 4 nitrogen and oxygen atoms in total. The van der Waals surface area contributed by atoms with E-state index in [4.69, 9.17) is 16.2 Å². The quantitative estimate of drug-likeness (QED) is 0.692. The number of carbonyl (C=O) groups excluding carboxylic acids is 1. The van der Waals surface area contributed by atoms with Crippen molar-refractivity contribution in [2.24, 2.45) is 5.73 Å². The Morgan fingerprint density at radius 2 is 2.21 bits per heavy atom. The van der Waals surface area contributed by atoms with E-state index in [1.165, 1.54) is 0 Å². The molecule has 0 atom stereocenters. The van der Waals surface area contributed by atoms with E-state index in [1.807, 2.05) is 12.1 Å². The molecule has 0 saturated carbocycles. The van der Waals surface area contributed by atoms with Gasteiger partial charge in [-0.25, -0.2) is 0 Å². The van der Waals surface area contributed by atoms with Crippen LogP contribution >= 0.6 is 0 Å². The molecular weight excluding hydrogens is 180 g/mol. The summed E-state index contributed by atoms with van der Waals surface area (Å²) in [6.07, 6.45) is 0.891. The number of benzene rings is 1. The standard InChI is InChI=1S/C10H14N2O2/c1-14-8-4-2-7(9(11)6-8)3-5-10(12)13/h2,4,6H,3,5,11H2,1H3,(H2,12,13). The Bertz CT molecular complexity index is 337. The number of methoxy groups -OCH3 is 1. The van der Waals surface area contributed by atoms with Crippen LogP contribution < -0.4 is 16.2 Å². The van der Waals surface area contributed by atoms with Crippen molar-refractivity contribution in [1.29, 1.82) is 0 Å². The number of primary amides is 1. The van der Waals surface area contributed by atoms with Crippen LogP contribution in [0.4, 0.5) is 5.69 Å². The van der Waals surface area contributed by atoms with E-state index in [1.54, 1.807) is 13.2 Å². The maximum absolute atomic E-state index is 10.6. The Morgan fingerprint density at radius 1 is 1.50 bits per heavy atom. The zero-order valence-corrected chi connectivity index (χ0v) is 8.12. The molecule has 4 heteroatoms. The molecule has 0 spiro atoms. The number of aryl methyl sites for hydroxylation is 1. The van der Waals surface area contributed by atoms with Crippen molar-refractivity contribution in [1.82, 2.24) is 0 Å². The van der Waals surface area contributed by atoms with Crippen LogP contribution in [0.1, 0.15) is 12.0 Å². The molecule has 0 saturated heterocycles. The molecule has 1 aromatic carbocycles. The number of nitrogen functional groups attached to an aromatic ring is 1. The summed E-state index contributed by atoms with van der Waals surface area (Å²) in [4.78, 5) is 10.6. The van der Waals surface area contributed by atoms with Crippen LogP contribution in [0.3, 0.4) is 0 Å². The summed E-state index contributed by atoms with van der Waals surface area (Å²) in [5.41, 5.74) is 12.3. The van der Waals surface area contributed by atoms with Crippen molar-refractivity contribution >= 4 is 11.6 Å². The second-order valence-electron chi connectivity index (χ2n) is 3.03. The van der Waals surface area contributed by atoms with Crippen LogP contribution in [0.15, 0.2) is 18.2 Å². The summed E-state index contributed by atoms with van der Waals surface area (Å²) >= 11 is 0. The first-order chi connectivity index (χ1) is 6.63. The van der Waals surface area contributed by atoms with Crippen molar-refractivity contribution in [3.05, 3.63) is 23.8 Å². The van der Waals surface area contributed by atoms with Crippen LogP contribution in [-0.4, -0.2) is 13.0 Å². The van der Waals surface area contributed by atoms with E-state index in [0.717, 1.165) is 5.56 Å². The van der Waals surface area contributed by atoms with Gasteiger partial charge in [0.25, 0.3) is 0 Å². The van der Waals surface area contributed by atoms with Crippen molar-refractivity contribution in [2.45, 2.75) is 12.8 Å². The molecule has 1 aromatic rings. The minimum absolute atomic E-state index is 0.316. The summed E-state index contributed by atoms with van der Waals surface area (Å²) in [5.74, 6) is 0.394. The molecule has 76 valence electrons. The smallest absolute Gasteiger partial charge is 0.217 e. The van der Waals surface area contributed by atoms with Crippen molar-refractivity contribution in [3.8, 4) is 5.75 Å². The van der Waals surface area contributed by atoms with E-state index in [9.17, 15) is 4.79 Å². The monoisotopic (exact) mass is 194 g/mol. The Morgan fingerprint density at radius 3 is 2.71 bits per heavy atom. The van der Waals surface area contributed by atoms with E-state index in [0.29, 0.717) is 24.3 Å². The number of rotatable bonds is 4. The third kappa shape index (κ3) is 2.65. The molecule has 0 aliphatic heterocycles. The maximum atomic E-state index is 10.6. The van der Waals surface area contributed by atoms with Gasteiger partial charge in [0, 0.05) is 18.2 Å². The molecule has 0 bridgehead atoms. The lowest BCUT2D eigenvalue weighted by molar-refractivity contribution is -0.117. The van der Waals surface area contributed by atoms with Gasteiger partial charge < -0.3 is 16.2 Å². The Hall–Kier alpha value is -1.71. The van der Waals surface area contributed by atoms with Gasteiger partial charge >= 0.3 is 0 Å². The van der Waals surface area contributed by atoms with Gasteiger partial charge in [-0.1, -0.05) is 6.07 Å². The summed E-state index contributed by atoms with van der Waals surface area (Å²) < 4.78 is 5.00. The highest BCUT2D eigenvalue weighted by Gasteiger charge is 2.02. The van der Waals surface area contributed by atoms with Crippen LogP contribution in [0.25, 0.3) is 0 Å². The summed E-state index contributed by atoms with van der Waals surface area (Å²) in [5, 5.41) is 0. The van der Waals surface area contributed by atoms with Gasteiger partial charge in [-0.2, -0.15) is 0 Å². The van der Waals surface area contributed by atoms with Gasteiger partial charge in [0.1, 0.15) is 5.75 Å². The molecule has 0 aliphatic carbocycles. The highest BCUT2D eigenvalue weighted by atomic mass is 16.5. The predicted octanol–water partition coefficient (Wildman–Crippen LogP) is 0.695.